The Labute approximate surface area is 127 Å². The van der Waals surface area contributed by atoms with Crippen LogP contribution in [0.4, 0.5) is 0 Å². The number of aryl methyl sites for hydroxylation is 1. The summed E-state index contributed by atoms with van der Waals surface area (Å²) in [7, 11) is 0. The SMILES string of the molecule is Cc1ccc(C(C)C)c(OC(C)C(=O)N2CCC(N)C2)c1. The molecule has 2 rings (SSSR count). The van der Waals surface area contributed by atoms with Crippen molar-refractivity contribution in [2.75, 3.05) is 13.1 Å². The quantitative estimate of drug-likeness (QED) is 0.926. The van der Waals surface area contributed by atoms with Crippen molar-refractivity contribution in [2.45, 2.75) is 52.2 Å². The van der Waals surface area contributed by atoms with E-state index in [1.807, 2.05) is 19.9 Å². The number of nitrogens with two attached hydrogens (primary N) is 1. The molecule has 1 aliphatic rings. The van der Waals surface area contributed by atoms with Gasteiger partial charge in [-0.25, -0.2) is 0 Å². The number of benzene rings is 1. The van der Waals surface area contributed by atoms with Crippen LogP contribution in [0.3, 0.4) is 0 Å². The average molecular weight is 290 g/mol. The molecule has 4 heteroatoms. The van der Waals surface area contributed by atoms with Gasteiger partial charge >= 0.3 is 0 Å². The van der Waals surface area contributed by atoms with Crippen LogP contribution in [0.25, 0.3) is 0 Å². The Morgan fingerprint density at radius 1 is 1.38 bits per heavy atom. The van der Waals surface area contributed by atoms with Crippen LogP contribution in [-0.2, 0) is 4.79 Å². The van der Waals surface area contributed by atoms with Gasteiger partial charge in [0.15, 0.2) is 6.10 Å². The second-order valence-corrected chi connectivity index (χ2v) is 6.29. The number of carbonyl (C=O) groups excluding carboxylic acids is 1. The normalized spacial score (nSPS) is 19.9. The van der Waals surface area contributed by atoms with Crippen molar-refractivity contribution in [3.8, 4) is 5.75 Å². The number of hydrogen-bond donors (Lipinski definition) is 1. The average Bonchev–Trinajstić information content (AvgIpc) is 2.84. The Hall–Kier alpha value is -1.55. The summed E-state index contributed by atoms with van der Waals surface area (Å²) in [4.78, 5) is 14.2. The topological polar surface area (TPSA) is 55.6 Å². The van der Waals surface area contributed by atoms with Crippen LogP contribution in [0.5, 0.6) is 5.75 Å². The smallest absolute Gasteiger partial charge is 0.263 e. The van der Waals surface area contributed by atoms with Gasteiger partial charge in [0.1, 0.15) is 5.75 Å². The van der Waals surface area contributed by atoms with E-state index in [1.54, 1.807) is 4.90 Å². The molecule has 4 nitrogen and oxygen atoms in total. The van der Waals surface area contributed by atoms with Gasteiger partial charge in [0.05, 0.1) is 0 Å². The number of nitrogens with zero attached hydrogens (tertiary/aromatic N) is 1. The number of rotatable bonds is 4. The van der Waals surface area contributed by atoms with Crippen molar-refractivity contribution in [1.82, 2.24) is 4.90 Å². The van der Waals surface area contributed by atoms with Gasteiger partial charge in [-0.3, -0.25) is 4.79 Å². The molecule has 0 aliphatic carbocycles. The highest BCUT2D eigenvalue weighted by atomic mass is 16.5. The highest BCUT2D eigenvalue weighted by Gasteiger charge is 2.28. The number of ether oxygens (including phenoxy) is 1. The Morgan fingerprint density at radius 2 is 2.10 bits per heavy atom. The third kappa shape index (κ3) is 3.76. The molecule has 1 heterocycles. The van der Waals surface area contributed by atoms with Crippen LogP contribution in [-0.4, -0.2) is 36.0 Å². The molecule has 1 fully saturated rings. The van der Waals surface area contributed by atoms with Crippen molar-refractivity contribution in [3.63, 3.8) is 0 Å². The van der Waals surface area contributed by atoms with Crippen LogP contribution in [0.2, 0.25) is 0 Å². The molecule has 0 bridgehead atoms. The van der Waals surface area contributed by atoms with Gasteiger partial charge in [-0.2, -0.15) is 0 Å². The Kier molecular flexibility index (Phi) is 4.88. The van der Waals surface area contributed by atoms with E-state index in [9.17, 15) is 4.79 Å². The van der Waals surface area contributed by atoms with Crippen LogP contribution < -0.4 is 10.5 Å². The fraction of sp³-hybridized carbons (Fsp3) is 0.588. The van der Waals surface area contributed by atoms with Gasteiger partial charge in [-0.15, -0.1) is 0 Å². The van der Waals surface area contributed by atoms with E-state index in [0.29, 0.717) is 12.5 Å². The lowest BCUT2D eigenvalue weighted by molar-refractivity contribution is -0.136. The molecular weight excluding hydrogens is 264 g/mol. The van der Waals surface area contributed by atoms with Gasteiger partial charge in [-0.05, 0) is 43.4 Å². The highest BCUT2D eigenvalue weighted by Crippen LogP contribution is 2.28. The first-order valence-corrected chi connectivity index (χ1v) is 7.70. The maximum absolute atomic E-state index is 12.4. The summed E-state index contributed by atoms with van der Waals surface area (Å²) in [5.41, 5.74) is 8.14. The van der Waals surface area contributed by atoms with Crippen LogP contribution in [0.1, 0.15) is 44.2 Å². The molecule has 116 valence electrons. The molecule has 1 aromatic rings. The first-order chi connectivity index (χ1) is 9.88. The Bertz CT molecular complexity index is 514. The van der Waals surface area contributed by atoms with Crippen LogP contribution in [0.15, 0.2) is 18.2 Å². The molecule has 1 aliphatic heterocycles. The fourth-order valence-electron chi connectivity index (χ4n) is 2.71. The maximum Gasteiger partial charge on any atom is 0.263 e. The van der Waals surface area contributed by atoms with Gasteiger partial charge in [0.2, 0.25) is 0 Å². The lowest BCUT2D eigenvalue weighted by atomic mass is 10.0. The zero-order valence-corrected chi connectivity index (χ0v) is 13.4. The van der Waals surface area contributed by atoms with E-state index in [1.165, 1.54) is 0 Å². The summed E-state index contributed by atoms with van der Waals surface area (Å²) in [5.74, 6) is 1.21. The zero-order chi connectivity index (χ0) is 15.6. The summed E-state index contributed by atoms with van der Waals surface area (Å²) < 4.78 is 5.97. The fourth-order valence-corrected chi connectivity index (χ4v) is 2.71. The summed E-state index contributed by atoms with van der Waals surface area (Å²) >= 11 is 0. The Balaban J connectivity index is 2.10. The number of amides is 1. The van der Waals surface area contributed by atoms with Gasteiger partial charge in [0, 0.05) is 19.1 Å². The summed E-state index contributed by atoms with van der Waals surface area (Å²) in [6.45, 7) is 9.48. The van der Waals surface area contributed by atoms with Crippen molar-refractivity contribution in [2.24, 2.45) is 5.73 Å². The highest BCUT2D eigenvalue weighted by molar-refractivity contribution is 5.81. The third-order valence-electron chi connectivity index (χ3n) is 3.98. The minimum absolute atomic E-state index is 0.0270. The summed E-state index contributed by atoms with van der Waals surface area (Å²) in [5, 5.41) is 0. The van der Waals surface area contributed by atoms with Gasteiger partial charge in [-0.1, -0.05) is 26.0 Å². The maximum atomic E-state index is 12.4. The number of carbonyl (C=O) groups is 1. The van der Waals surface area contributed by atoms with Crippen molar-refractivity contribution < 1.29 is 9.53 Å². The van der Waals surface area contributed by atoms with Crippen molar-refractivity contribution in [1.29, 1.82) is 0 Å². The summed E-state index contributed by atoms with van der Waals surface area (Å²) in [6, 6.07) is 6.27. The van der Waals surface area contributed by atoms with E-state index in [2.05, 4.69) is 26.0 Å². The molecular formula is C17H26N2O2. The molecule has 0 radical (unpaired) electrons. The molecule has 2 unspecified atom stereocenters. The van der Waals surface area contributed by atoms with Crippen LogP contribution in [0, 0.1) is 6.92 Å². The predicted octanol–water partition coefficient (Wildman–Crippen LogP) is 2.45. The molecule has 21 heavy (non-hydrogen) atoms. The van der Waals surface area contributed by atoms with Crippen molar-refractivity contribution >= 4 is 5.91 Å². The molecule has 1 amide bonds. The van der Waals surface area contributed by atoms with E-state index >= 15 is 0 Å². The molecule has 2 N–H and O–H groups in total. The molecule has 1 saturated heterocycles. The largest absolute Gasteiger partial charge is 0.481 e. The number of likely N-dealkylation sites (tertiary alicyclic amines) is 1. The first-order valence-electron chi connectivity index (χ1n) is 7.70. The van der Waals surface area contributed by atoms with E-state index in [-0.39, 0.29) is 11.9 Å². The minimum Gasteiger partial charge on any atom is -0.481 e. The lowest BCUT2D eigenvalue weighted by Crippen LogP contribution is -2.40. The molecule has 0 spiro atoms. The van der Waals surface area contributed by atoms with Gasteiger partial charge in [0.25, 0.3) is 5.91 Å². The molecule has 0 aromatic heterocycles. The second kappa shape index (κ2) is 6.48. The molecule has 0 saturated carbocycles. The van der Waals surface area contributed by atoms with Crippen LogP contribution >= 0.6 is 0 Å². The number of hydrogen-bond acceptors (Lipinski definition) is 3. The van der Waals surface area contributed by atoms with E-state index in [0.717, 1.165) is 29.8 Å². The summed E-state index contributed by atoms with van der Waals surface area (Å²) in [6.07, 6.45) is 0.398. The third-order valence-corrected chi connectivity index (χ3v) is 3.98. The van der Waals surface area contributed by atoms with E-state index in [4.69, 9.17) is 10.5 Å². The predicted molar refractivity (Wildman–Crippen MR) is 84.5 cm³/mol. The monoisotopic (exact) mass is 290 g/mol. The Morgan fingerprint density at radius 3 is 2.67 bits per heavy atom. The van der Waals surface area contributed by atoms with Gasteiger partial charge < -0.3 is 15.4 Å². The standard InChI is InChI=1S/C17H26N2O2/c1-11(2)15-6-5-12(3)9-16(15)21-13(4)17(20)19-8-7-14(18)10-19/h5-6,9,11,13-14H,7-8,10,18H2,1-4H3. The second-order valence-electron chi connectivity index (χ2n) is 6.29. The first kappa shape index (κ1) is 15.8. The lowest BCUT2D eigenvalue weighted by Gasteiger charge is -2.23. The van der Waals surface area contributed by atoms with E-state index < -0.39 is 6.10 Å². The van der Waals surface area contributed by atoms with Crippen molar-refractivity contribution in [3.05, 3.63) is 29.3 Å². The minimum atomic E-state index is -0.477. The molecule has 2 atom stereocenters. The molecule has 1 aromatic carbocycles. The zero-order valence-electron chi connectivity index (χ0n) is 13.4.